The van der Waals surface area contributed by atoms with Crippen LogP contribution >= 0.6 is 11.6 Å². The maximum atomic E-state index is 6.35. The summed E-state index contributed by atoms with van der Waals surface area (Å²) in [7, 11) is 1.72. The van der Waals surface area contributed by atoms with Gasteiger partial charge in [0, 0.05) is 11.1 Å². The van der Waals surface area contributed by atoms with E-state index in [1.165, 1.54) is 17.5 Å². The summed E-state index contributed by atoms with van der Waals surface area (Å²) >= 11 is 6.35. The summed E-state index contributed by atoms with van der Waals surface area (Å²) in [5.41, 5.74) is 3.49. The van der Waals surface area contributed by atoms with Gasteiger partial charge < -0.3 is 10.1 Å². The number of ether oxygens (including phenoxy) is 1. The Labute approximate surface area is 102 Å². The number of hydrogen-bond donors (Lipinski definition) is 1. The van der Waals surface area contributed by atoms with Crippen molar-refractivity contribution in [1.82, 2.24) is 5.32 Å². The number of benzene rings is 1. The van der Waals surface area contributed by atoms with Gasteiger partial charge in [-0.2, -0.15) is 0 Å². The molecule has 3 heteroatoms. The minimum atomic E-state index is 0.391. The summed E-state index contributed by atoms with van der Waals surface area (Å²) in [4.78, 5) is 0. The van der Waals surface area contributed by atoms with E-state index in [0.29, 0.717) is 6.04 Å². The number of aryl methyl sites for hydroxylation is 1. The molecule has 0 bridgehead atoms. The number of nitrogens with one attached hydrogen (secondary N) is 1. The quantitative estimate of drug-likeness (QED) is 0.854. The Morgan fingerprint density at radius 1 is 1.44 bits per heavy atom. The lowest BCUT2D eigenvalue weighted by atomic mass is 9.97. The molecule has 1 aliphatic heterocycles. The molecule has 1 aromatic rings. The Morgan fingerprint density at radius 3 is 2.75 bits per heavy atom. The Balaban J connectivity index is 2.50. The summed E-state index contributed by atoms with van der Waals surface area (Å²) in [6.45, 7) is 5.20. The Morgan fingerprint density at radius 2 is 2.19 bits per heavy atom. The topological polar surface area (TPSA) is 21.3 Å². The molecule has 0 spiro atoms. The van der Waals surface area contributed by atoms with Crippen LogP contribution in [-0.2, 0) is 0 Å². The minimum absolute atomic E-state index is 0.391. The predicted molar refractivity (Wildman–Crippen MR) is 67.5 cm³/mol. The summed E-state index contributed by atoms with van der Waals surface area (Å²) in [5.74, 6) is 0.966. The van der Waals surface area contributed by atoms with Crippen molar-refractivity contribution in [3.8, 4) is 5.75 Å². The standard InChI is InChI=1S/C13H18ClNO/c1-8-7-10(14)12(9(2)13(8)16-3)11-5-4-6-15-11/h7,11,15H,4-6H2,1-3H3. The lowest BCUT2D eigenvalue weighted by Crippen LogP contribution is -2.15. The van der Waals surface area contributed by atoms with Crippen LogP contribution in [0.2, 0.25) is 5.02 Å². The maximum Gasteiger partial charge on any atom is 0.125 e. The predicted octanol–water partition coefficient (Wildman–Crippen LogP) is 3.39. The van der Waals surface area contributed by atoms with Crippen LogP contribution in [0.25, 0.3) is 0 Å². The second-order valence-electron chi connectivity index (χ2n) is 4.40. The van der Waals surface area contributed by atoms with Crippen molar-refractivity contribution in [3.05, 3.63) is 27.8 Å². The van der Waals surface area contributed by atoms with Crippen molar-refractivity contribution in [2.24, 2.45) is 0 Å². The van der Waals surface area contributed by atoms with Crippen molar-refractivity contribution >= 4 is 11.6 Å². The fourth-order valence-electron chi connectivity index (χ4n) is 2.60. The first-order valence-corrected chi connectivity index (χ1v) is 6.10. The number of halogens is 1. The van der Waals surface area contributed by atoms with E-state index in [4.69, 9.17) is 16.3 Å². The van der Waals surface area contributed by atoms with Crippen LogP contribution in [-0.4, -0.2) is 13.7 Å². The fraction of sp³-hybridized carbons (Fsp3) is 0.538. The molecular formula is C13H18ClNO. The Hall–Kier alpha value is -0.730. The third-order valence-corrected chi connectivity index (χ3v) is 3.63. The lowest BCUT2D eigenvalue weighted by Gasteiger charge is -2.19. The molecule has 1 atom stereocenters. The monoisotopic (exact) mass is 239 g/mol. The van der Waals surface area contributed by atoms with E-state index in [0.717, 1.165) is 29.3 Å². The van der Waals surface area contributed by atoms with E-state index in [2.05, 4.69) is 12.2 Å². The molecule has 88 valence electrons. The zero-order chi connectivity index (χ0) is 11.7. The van der Waals surface area contributed by atoms with Gasteiger partial charge in [-0.05, 0) is 56.0 Å². The maximum absolute atomic E-state index is 6.35. The van der Waals surface area contributed by atoms with Gasteiger partial charge in [-0.3, -0.25) is 0 Å². The van der Waals surface area contributed by atoms with Gasteiger partial charge in [-0.25, -0.2) is 0 Å². The summed E-state index contributed by atoms with van der Waals surface area (Å²) < 4.78 is 5.44. The molecule has 1 saturated heterocycles. The average molecular weight is 240 g/mol. The van der Waals surface area contributed by atoms with Crippen LogP contribution < -0.4 is 10.1 Å². The molecule has 0 radical (unpaired) electrons. The fourth-order valence-corrected chi connectivity index (χ4v) is 3.04. The first-order chi connectivity index (χ1) is 7.65. The second-order valence-corrected chi connectivity index (χ2v) is 4.80. The molecule has 1 aromatic carbocycles. The molecule has 1 aliphatic rings. The normalized spacial score (nSPS) is 20.1. The van der Waals surface area contributed by atoms with Crippen molar-refractivity contribution in [3.63, 3.8) is 0 Å². The van der Waals surface area contributed by atoms with E-state index in [-0.39, 0.29) is 0 Å². The Kier molecular flexibility index (Phi) is 3.41. The number of methoxy groups -OCH3 is 1. The lowest BCUT2D eigenvalue weighted by molar-refractivity contribution is 0.407. The SMILES string of the molecule is COc1c(C)cc(Cl)c(C2CCCN2)c1C. The van der Waals surface area contributed by atoms with Gasteiger partial charge in [0.05, 0.1) is 7.11 Å². The zero-order valence-electron chi connectivity index (χ0n) is 10.1. The van der Waals surface area contributed by atoms with Crippen LogP contribution in [0.1, 0.15) is 35.6 Å². The van der Waals surface area contributed by atoms with Crippen LogP contribution in [0, 0.1) is 13.8 Å². The molecule has 1 fully saturated rings. The molecule has 0 aliphatic carbocycles. The third kappa shape index (κ3) is 1.92. The van der Waals surface area contributed by atoms with Crippen LogP contribution in [0.4, 0.5) is 0 Å². The molecule has 0 saturated carbocycles. The van der Waals surface area contributed by atoms with Gasteiger partial charge in [0.1, 0.15) is 5.75 Å². The second kappa shape index (κ2) is 4.64. The van der Waals surface area contributed by atoms with E-state index in [1.807, 2.05) is 13.0 Å². The number of hydrogen-bond acceptors (Lipinski definition) is 2. The van der Waals surface area contributed by atoms with Crippen LogP contribution in [0.15, 0.2) is 6.07 Å². The zero-order valence-corrected chi connectivity index (χ0v) is 10.8. The van der Waals surface area contributed by atoms with E-state index in [1.54, 1.807) is 7.11 Å². The number of rotatable bonds is 2. The summed E-state index contributed by atoms with van der Waals surface area (Å²) in [6.07, 6.45) is 2.38. The summed E-state index contributed by atoms with van der Waals surface area (Å²) in [6, 6.07) is 2.39. The van der Waals surface area contributed by atoms with E-state index >= 15 is 0 Å². The minimum Gasteiger partial charge on any atom is -0.496 e. The summed E-state index contributed by atoms with van der Waals surface area (Å²) in [5, 5.41) is 4.34. The molecule has 1 N–H and O–H groups in total. The van der Waals surface area contributed by atoms with Crippen molar-refractivity contribution in [2.45, 2.75) is 32.7 Å². The van der Waals surface area contributed by atoms with Crippen molar-refractivity contribution in [2.75, 3.05) is 13.7 Å². The van der Waals surface area contributed by atoms with E-state index < -0.39 is 0 Å². The van der Waals surface area contributed by atoms with Gasteiger partial charge in [-0.15, -0.1) is 0 Å². The highest BCUT2D eigenvalue weighted by Gasteiger charge is 2.23. The first kappa shape index (κ1) is 11.7. The van der Waals surface area contributed by atoms with Crippen molar-refractivity contribution < 1.29 is 4.74 Å². The molecule has 2 nitrogen and oxygen atoms in total. The molecule has 0 aromatic heterocycles. The molecule has 0 amide bonds. The van der Waals surface area contributed by atoms with Gasteiger partial charge in [0.15, 0.2) is 0 Å². The smallest absolute Gasteiger partial charge is 0.125 e. The molecule has 1 heterocycles. The molecule has 1 unspecified atom stereocenters. The average Bonchev–Trinajstić information content (AvgIpc) is 2.70. The van der Waals surface area contributed by atoms with Crippen molar-refractivity contribution in [1.29, 1.82) is 0 Å². The van der Waals surface area contributed by atoms with Gasteiger partial charge in [-0.1, -0.05) is 11.6 Å². The third-order valence-electron chi connectivity index (χ3n) is 3.32. The van der Waals surface area contributed by atoms with E-state index in [9.17, 15) is 0 Å². The van der Waals surface area contributed by atoms with Gasteiger partial charge >= 0.3 is 0 Å². The van der Waals surface area contributed by atoms with Crippen LogP contribution in [0.5, 0.6) is 5.75 Å². The largest absolute Gasteiger partial charge is 0.496 e. The highest BCUT2D eigenvalue weighted by molar-refractivity contribution is 6.31. The van der Waals surface area contributed by atoms with Gasteiger partial charge in [0.25, 0.3) is 0 Å². The first-order valence-electron chi connectivity index (χ1n) is 5.72. The highest BCUT2D eigenvalue weighted by Crippen LogP contribution is 2.38. The molecular weight excluding hydrogens is 222 g/mol. The molecule has 16 heavy (non-hydrogen) atoms. The van der Waals surface area contributed by atoms with Gasteiger partial charge in [0.2, 0.25) is 0 Å². The Bertz CT molecular complexity index is 397. The highest BCUT2D eigenvalue weighted by atomic mass is 35.5. The molecule has 2 rings (SSSR count). The van der Waals surface area contributed by atoms with Crippen LogP contribution in [0.3, 0.4) is 0 Å².